The lowest BCUT2D eigenvalue weighted by Gasteiger charge is -2.21. The number of fused-ring (bicyclic) bond motifs is 1. The minimum absolute atomic E-state index is 0.0485. The molecule has 2 unspecified atom stereocenters. The summed E-state index contributed by atoms with van der Waals surface area (Å²) < 4.78 is 5.28. The van der Waals surface area contributed by atoms with Crippen molar-refractivity contribution in [3.8, 4) is 0 Å². The van der Waals surface area contributed by atoms with Crippen molar-refractivity contribution in [1.82, 2.24) is 5.32 Å². The zero-order valence-electron chi connectivity index (χ0n) is 11.8. The summed E-state index contributed by atoms with van der Waals surface area (Å²) in [5.41, 5.74) is 8.01. The molecule has 0 saturated heterocycles. The van der Waals surface area contributed by atoms with E-state index in [2.05, 4.69) is 17.4 Å². The number of benzene rings is 1. The van der Waals surface area contributed by atoms with Gasteiger partial charge in [-0.2, -0.15) is 0 Å². The third-order valence-electron chi connectivity index (χ3n) is 3.17. The smallest absolute Gasteiger partial charge is 0.320 e. The number of esters is 1. The zero-order valence-corrected chi connectivity index (χ0v) is 11.8. The van der Waals surface area contributed by atoms with Gasteiger partial charge >= 0.3 is 5.97 Å². The molecule has 0 fully saturated rings. The van der Waals surface area contributed by atoms with Crippen molar-refractivity contribution in [3.05, 3.63) is 35.4 Å². The Morgan fingerprint density at radius 2 is 2.00 bits per heavy atom. The van der Waals surface area contributed by atoms with Crippen LogP contribution in [-0.2, 0) is 9.53 Å². The minimum Gasteiger partial charge on any atom is -0.459 e. The van der Waals surface area contributed by atoms with E-state index in [0.717, 1.165) is 6.42 Å². The molecule has 2 rings (SSSR count). The summed E-state index contributed by atoms with van der Waals surface area (Å²) in [6.07, 6.45) is 0.822. The molecule has 0 aromatic heterocycles. The largest absolute Gasteiger partial charge is 0.459 e. The number of ether oxygens (including phenoxy) is 1. The average Bonchev–Trinajstić information content (AvgIpc) is 2.62. The maximum absolute atomic E-state index is 11.7. The van der Waals surface area contributed by atoms with E-state index in [1.165, 1.54) is 11.1 Å². The Balaban J connectivity index is 1.94. The van der Waals surface area contributed by atoms with Gasteiger partial charge in [-0.3, -0.25) is 10.1 Å². The maximum Gasteiger partial charge on any atom is 0.320 e. The number of nitrogens with two attached hydrogens (primary N) is 1. The highest BCUT2D eigenvalue weighted by atomic mass is 16.6. The quantitative estimate of drug-likeness (QED) is 0.818. The van der Waals surface area contributed by atoms with Crippen molar-refractivity contribution < 1.29 is 9.53 Å². The van der Waals surface area contributed by atoms with Crippen LogP contribution in [0.25, 0.3) is 0 Å². The lowest BCUT2D eigenvalue weighted by Crippen LogP contribution is -2.33. The molecule has 19 heavy (non-hydrogen) atoms. The Labute approximate surface area is 114 Å². The van der Waals surface area contributed by atoms with E-state index in [1.807, 2.05) is 32.9 Å². The van der Waals surface area contributed by atoms with Crippen molar-refractivity contribution in [1.29, 1.82) is 0 Å². The van der Waals surface area contributed by atoms with E-state index < -0.39 is 5.60 Å². The predicted octanol–water partition coefficient (Wildman–Crippen LogP) is 2.06. The van der Waals surface area contributed by atoms with Crippen molar-refractivity contribution >= 4 is 5.97 Å². The Bertz CT molecular complexity index is 465. The van der Waals surface area contributed by atoms with E-state index in [0.29, 0.717) is 0 Å². The van der Waals surface area contributed by atoms with E-state index in [1.54, 1.807) is 0 Å². The summed E-state index contributed by atoms with van der Waals surface area (Å²) in [6, 6.07) is 8.30. The first kappa shape index (κ1) is 14.0. The fourth-order valence-corrected chi connectivity index (χ4v) is 2.45. The molecule has 0 bridgehead atoms. The molecule has 0 amide bonds. The number of rotatable bonds is 3. The number of hydrogen-bond donors (Lipinski definition) is 2. The first-order valence-electron chi connectivity index (χ1n) is 6.66. The second kappa shape index (κ2) is 5.31. The summed E-state index contributed by atoms with van der Waals surface area (Å²) in [7, 11) is 0. The van der Waals surface area contributed by atoms with Crippen LogP contribution in [0.3, 0.4) is 0 Å². The number of carbonyl (C=O) groups excluding carboxylic acids is 1. The van der Waals surface area contributed by atoms with Gasteiger partial charge in [-0.15, -0.1) is 0 Å². The molecule has 0 spiro atoms. The van der Waals surface area contributed by atoms with Crippen LogP contribution in [0.5, 0.6) is 0 Å². The second-order valence-corrected chi connectivity index (χ2v) is 5.99. The topological polar surface area (TPSA) is 64.3 Å². The molecule has 104 valence electrons. The molecule has 3 N–H and O–H groups in total. The van der Waals surface area contributed by atoms with Gasteiger partial charge in [0.05, 0.1) is 6.54 Å². The lowest BCUT2D eigenvalue weighted by atomic mass is 10.1. The van der Waals surface area contributed by atoms with Crippen molar-refractivity contribution in [3.63, 3.8) is 0 Å². The maximum atomic E-state index is 11.7. The van der Waals surface area contributed by atoms with Gasteiger partial charge in [-0.05, 0) is 38.3 Å². The Morgan fingerprint density at radius 1 is 1.37 bits per heavy atom. The summed E-state index contributed by atoms with van der Waals surface area (Å²) in [5.74, 6) is -0.231. The van der Waals surface area contributed by atoms with Crippen LogP contribution in [0.1, 0.15) is 50.4 Å². The SMILES string of the molecule is CC(C)(C)OC(=O)CNC1CC(N)c2ccccc21. The highest BCUT2D eigenvalue weighted by Crippen LogP contribution is 2.36. The molecule has 4 nitrogen and oxygen atoms in total. The Kier molecular flexibility index (Phi) is 3.92. The van der Waals surface area contributed by atoms with Crippen molar-refractivity contribution in [2.24, 2.45) is 5.73 Å². The van der Waals surface area contributed by atoms with Gasteiger partial charge in [0.25, 0.3) is 0 Å². The van der Waals surface area contributed by atoms with Crippen LogP contribution >= 0.6 is 0 Å². The first-order chi connectivity index (χ1) is 8.87. The molecule has 2 atom stereocenters. The third-order valence-corrected chi connectivity index (χ3v) is 3.17. The van der Waals surface area contributed by atoms with E-state index in [-0.39, 0.29) is 24.6 Å². The fourth-order valence-electron chi connectivity index (χ4n) is 2.45. The highest BCUT2D eigenvalue weighted by molar-refractivity contribution is 5.72. The van der Waals surface area contributed by atoms with Gasteiger partial charge in [0.15, 0.2) is 0 Å². The second-order valence-electron chi connectivity index (χ2n) is 5.99. The first-order valence-corrected chi connectivity index (χ1v) is 6.66. The monoisotopic (exact) mass is 262 g/mol. The minimum atomic E-state index is -0.442. The van der Waals surface area contributed by atoms with Gasteiger partial charge < -0.3 is 10.5 Å². The molecule has 1 aromatic carbocycles. The molecule has 1 aliphatic carbocycles. The van der Waals surface area contributed by atoms with Crippen LogP contribution in [0.4, 0.5) is 0 Å². The molecule has 0 radical (unpaired) electrons. The molecule has 0 saturated carbocycles. The predicted molar refractivity (Wildman–Crippen MR) is 74.6 cm³/mol. The van der Waals surface area contributed by atoms with Gasteiger partial charge in [0.2, 0.25) is 0 Å². The molecular weight excluding hydrogens is 240 g/mol. The summed E-state index contributed by atoms with van der Waals surface area (Å²) in [6.45, 7) is 5.81. The standard InChI is InChI=1S/C15H22N2O2/c1-15(2,3)19-14(18)9-17-13-8-12(16)10-6-4-5-7-11(10)13/h4-7,12-13,17H,8-9,16H2,1-3H3. The molecule has 1 aliphatic rings. The highest BCUT2D eigenvalue weighted by Gasteiger charge is 2.28. The Hall–Kier alpha value is -1.39. The van der Waals surface area contributed by atoms with Crippen LogP contribution in [0.15, 0.2) is 24.3 Å². The van der Waals surface area contributed by atoms with Crippen LogP contribution in [0.2, 0.25) is 0 Å². The van der Waals surface area contributed by atoms with E-state index in [4.69, 9.17) is 10.5 Å². The van der Waals surface area contributed by atoms with Crippen molar-refractivity contribution in [2.75, 3.05) is 6.54 Å². The number of hydrogen-bond acceptors (Lipinski definition) is 4. The average molecular weight is 262 g/mol. The van der Waals surface area contributed by atoms with Gasteiger partial charge in [-0.25, -0.2) is 0 Å². The lowest BCUT2D eigenvalue weighted by molar-refractivity contribution is -0.153. The molecule has 4 heteroatoms. The number of nitrogens with one attached hydrogen (secondary N) is 1. The summed E-state index contributed by atoms with van der Waals surface area (Å²) in [5, 5.41) is 3.24. The van der Waals surface area contributed by atoms with Gasteiger partial charge in [0.1, 0.15) is 5.60 Å². The molecule has 1 aromatic rings. The number of carbonyl (C=O) groups is 1. The Morgan fingerprint density at radius 3 is 2.63 bits per heavy atom. The molecule has 0 aliphatic heterocycles. The van der Waals surface area contributed by atoms with Crippen molar-refractivity contribution in [2.45, 2.75) is 44.9 Å². The van der Waals surface area contributed by atoms with Crippen LogP contribution in [-0.4, -0.2) is 18.1 Å². The fraction of sp³-hybridized carbons (Fsp3) is 0.533. The summed E-state index contributed by atoms with van der Waals surface area (Å²) >= 11 is 0. The molecular formula is C15H22N2O2. The molecule has 0 heterocycles. The zero-order chi connectivity index (χ0) is 14.0. The van der Waals surface area contributed by atoms with Gasteiger partial charge in [0, 0.05) is 12.1 Å². The van der Waals surface area contributed by atoms with Crippen LogP contribution in [0, 0.1) is 0 Å². The van der Waals surface area contributed by atoms with E-state index in [9.17, 15) is 4.79 Å². The van der Waals surface area contributed by atoms with Crippen LogP contribution < -0.4 is 11.1 Å². The normalized spacial score (nSPS) is 22.1. The third kappa shape index (κ3) is 3.55. The van der Waals surface area contributed by atoms with Gasteiger partial charge in [-0.1, -0.05) is 24.3 Å². The van der Waals surface area contributed by atoms with E-state index >= 15 is 0 Å². The summed E-state index contributed by atoms with van der Waals surface area (Å²) in [4.78, 5) is 11.7.